The highest BCUT2D eigenvalue weighted by Gasteiger charge is 2.17. The number of amides is 1. The fourth-order valence-electron chi connectivity index (χ4n) is 1.79. The lowest BCUT2D eigenvalue weighted by atomic mass is 10.2. The van der Waals surface area contributed by atoms with Gasteiger partial charge in [-0.25, -0.2) is 4.98 Å². The van der Waals surface area contributed by atoms with Crippen molar-refractivity contribution in [2.75, 3.05) is 19.7 Å². The lowest BCUT2D eigenvalue weighted by Crippen LogP contribution is -2.33. The van der Waals surface area contributed by atoms with Gasteiger partial charge in [-0.3, -0.25) is 4.79 Å². The lowest BCUT2D eigenvalue weighted by molar-refractivity contribution is 0.0747. The Hall–Kier alpha value is -1.13. The Bertz CT molecular complexity index is 399. The molecule has 0 atom stereocenters. The zero-order valence-corrected chi connectivity index (χ0v) is 12.1. The van der Waals surface area contributed by atoms with Gasteiger partial charge in [-0.05, 0) is 31.4 Å². The summed E-state index contributed by atoms with van der Waals surface area (Å²) < 4.78 is 0. The third-order valence-electron chi connectivity index (χ3n) is 2.89. The van der Waals surface area contributed by atoms with E-state index in [1.54, 1.807) is 23.2 Å². The molecule has 1 aromatic heterocycles. The zero-order valence-electron chi connectivity index (χ0n) is 11.3. The average Bonchev–Trinajstić information content (AvgIpc) is 2.42. The van der Waals surface area contributed by atoms with Crippen molar-refractivity contribution >= 4 is 17.5 Å². The van der Waals surface area contributed by atoms with Crippen LogP contribution in [0.1, 0.15) is 43.0 Å². The van der Waals surface area contributed by atoms with E-state index in [1.807, 2.05) is 0 Å². The van der Waals surface area contributed by atoms with Crippen LogP contribution in [0.15, 0.2) is 18.3 Å². The Balaban J connectivity index is 2.72. The normalized spacial score (nSPS) is 10.5. The molecule has 0 spiro atoms. The molecule has 5 heteroatoms. The fraction of sp³-hybridized carbons (Fsp3) is 0.571. The van der Waals surface area contributed by atoms with Gasteiger partial charge in [0.15, 0.2) is 0 Å². The number of carbonyl (C=O) groups excluding carboxylic acids is 1. The SMILES string of the molecule is CCCCN(CCCCO)C(=O)c1cccnc1Cl. The maximum absolute atomic E-state index is 12.4. The lowest BCUT2D eigenvalue weighted by Gasteiger charge is -2.22. The summed E-state index contributed by atoms with van der Waals surface area (Å²) in [5, 5.41) is 9.07. The van der Waals surface area contributed by atoms with Crippen molar-refractivity contribution < 1.29 is 9.90 Å². The van der Waals surface area contributed by atoms with Gasteiger partial charge in [0.25, 0.3) is 5.91 Å². The number of halogens is 1. The largest absolute Gasteiger partial charge is 0.396 e. The average molecular weight is 285 g/mol. The Morgan fingerprint density at radius 3 is 2.74 bits per heavy atom. The first-order valence-corrected chi connectivity index (χ1v) is 7.09. The van der Waals surface area contributed by atoms with Crippen LogP contribution in [0.2, 0.25) is 5.15 Å². The van der Waals surface area contributed by atoms with Gasteiger partial charge in [0.1, 0.15) is 5.15 Å². The molecule has 0 aromatic carbocycles. The Morgan fingerprint density at radius 1 is 1.37 bits per heavy atom. The summed E-state index contributed by atoms with van der Waals surface area (Å²) in [6.07, 6.45) is 5.06. The van der Waals surface area contributed by atoms with E-state index in [9.17, 15) is 4.79 Å². The second-order valence-corrected chi connectivity index (χ2v) is 4.78. The number of pyridine rings is 1. The number of aliphatic hydroxyl groups is 1. The monoisotopic (exact) mass is 284 g/mol. The van der Waals surface area contributed by atoms with Gasteiger partial charge in [0.2, 0.25) is 0 Å². The molecule has 0 saturated carbocycles. The summed E-state index contributed by atoms with van der Waals surface area (Å²) >= 11 is 5.96. The first-order valence-electron chi connectivity index (χ1n) is 6.71. The van der Waals surface area contributed by atoms with Crippen LogP contribution in [0.5, 0.6) is 0 Å². The van der Waals surface area contributed by atoms with Crippen molar-refractivity contribution in [3.63, 3.8) is 0 Å². The van der Waals surface area contributed by atoms with E-state index in [-0.39, 0.29) is 17.7 Å². The predicted octanol–water partition coefficient (Wildman–Crippen LogP) is 2.75. The van der Waals surface area contributed by atoms with Crippen LogP contribution in [0.3, 0.4) is 0 Å². The Kier molecular flexibility index (Phi) is 7.45. The van der Waals surface area contributed by atoms with E-state index in [4.69, 9.17) is 16.7 Å². The van der Waals surface area contributed by atoms with Crippen molar-refractivity contribution in [2.45, 2.75) is 32.6 Å². The maximum atomic E-state index is 12.4. The van der Waals surface area contributed by atoms with Crippen molar-refractivity contribution in [1.29, 1.82) is 0 Å². The molecule has 1 amide bonds. The van der Waals surface area contributed by atoms with Gasteiger partial charge in [0, 0.05) is 25.9 Å². The highest BCUT2D eigenvalue weighted by Crippen LogP contribution is 2.15. The summed E-state index contributed by atoms with van der Waals surface area (Å²) in [5.41, 5.74) is 0.448. The number of aliphatic hydroxyl groups excluding tert-OH is 1. The van der Waals surface area contributed by atoms with Gasteiger partial charge < -0.3 is 10.0 Å². The topological polar surface area (TPSA) is 53.4 Å². The highest BCUT2D eigenvalue weighted by molar-refractivity contribution is 6.32. The number of hydrogen-bond donors (Lipinski definition) is 1. The summed E-state index contributed by atoms with van der Waals surface area (Å²) in [4.78, 5) is 18.1. The Morgan fingerprint density at radius 2 is 2.11 bits per heavy atom. The number of aromatic nitrogens is 1. The number of unbranched alkanes of at least 4 members (excludes halogenated alkanes) is 2. The molecule has 0 fully saturated rings. The summed E-state index contributed by atoms with van der Waals surface area (Å²) in [5.74, 6) is -0.0792. The van der Waals surface area contributed by atoms with Gasteiger partial charge in [-0.2, -0.15) is 0 Å². The molecule has 1 aromatic rings. The number of hydrogen-bond acceptors (Lipinski definition) is 3. The number of carbonyl (C=O) groups is 1. The van der Waals surface area contributed by atoms with Crippen LogP contribution in [0, 0.1) is 0 Å². The maximum Gasteiger partial charge on any atom is 0.256 e. The van der Waals surface area contributed by atoms with Crippen LogP contribution in [-0.2, 0) is 0 Å². The van der Waals surface area contributed by atoms with Gasteiger partial charge in [-0.1, -0.05) is 24.9 Å². The van der Waals surface area contributed by atoms with Crippen molar-refractivity contribution in [3.8, 4) is 0 Å². The van der Waals surface area contributed by atoms with Crippen LogP contribution in [-0.4, -0.2) is 40.6 Å². The molecule has 0 aliphatic heterocycles. The second kappa shape index (κ2) is 8.88. The molecule has 0 aliphatic rings. The molecule has 0 bridgehead atoms. The molecule has 106 valence electrons. The highest BCUT2D eigenvalue weighted by atomic mass is 35.5. The standard InChI is InChI=1S/C14H21ClN2O2/c1-2-3-9-17(10-4-5-11-18)14(19)12-7-6-8-16-13(12)15/h6-8,18H,2-5,9-11H2,1H3. The molecule has 0 unspecified atom stereocenters. The minimum absolute atomic E-state index is 0.0792. The van der Waals surface area contributed by atoms with E-state index < -0.39 is 0 Å². The molecule has 1 N–H and O–H groups in total. The van der Waals surface area contributed by atoms with E-state index >= 15 is 0 Å². The van der Waals surface area contributed by atoms with Crippen molar-refractivity contribution in [3.05, 3.63) is 29.0 Å². The minimum atomic E-state index is -0.0792. The predicted molar refractivity (Wildman–Crippen MR) is 76.4 cm³/mol. The van der Waals surface area contributed by atoms with E-state index in [2.05, 4.69) is 11.9 Å². The zero-order chi connectivity index (χ0) is 14.1. The van der Waals surface area contributed by atoms with Crippen LogP contribution in [0.25, 0.3) is 0 Å². The van der Waals surface area contributed by atoms with Gasteiger partial charge >= 0.3 is 0 Å². The summed E-state index contributed by atoms with van der Waals surface area (Å²) in [7, 11) is 0. The molecule has 4 nitrogen and oxygen atoms in total. The quantitative estimate of drug-likeness (QED) is 0.590. The second-order valence-electron chi connectivity index (χ2n) is 4.42. The third-order valence-corrected chi connectivity index (χ3v) is 3.20. The molecule has 0 radical (unpaired) electrons. The van der Waals surface area contributed by atoms with E-state index in [0.717, 1.165) is 19.3 Å². The molecular weight excluding hydrogens is 264 g/mol. The van der Waals surface area contributed by atoms with Gasteiger partial charge in [-0.15, -0.1) is 0 Å². The van der Waals surface area contributed by atoms with E-state index in [0.29, 0.717) is 25.1 Å². The molecule has 1 rings (SSSR count). The summed E-state index contributed by atoms with van der Waals surface area (Å²) in [6.45, 7) is 3.60. The molecule has 1 heterocycles. The minimum Gasteiger partial charge on any atom is -0.396 e. The summed E-state index contributed by atoms with van der Waals surface area (Å²) in [6, 6.07) is 3.41. The van der Waals surface area contributed by atoms with Crippen molar-refractivity contribution in [1.82, 2.24) is 9.88 Å². The van der Waals surface area contributed by atoms with Gasteiger partial charge in [0.05, 0.1) is 5.56 Å². The molecule has 0 aliphatic carbocycles. The molecular formula is C14H21ClN2O2. The van der Waals surface area contributed by atoms with Crippen molar-refractivity contribution in [2.24, 2.45) is 0 Å². The smallest absolute Gasteiger partial charge is 0.256 e. The fourth-order valence-corrected chi connectivity index (χ4v) is 1.99. The number of nitrogens with zero attached hydrogens (tertiary/aromatic N) is 2. The third kappa shape index (κ3) is 5.17. The van der Waals surface area contributed by atoms with Crippen LogP contribution < -0.4 is 0 Å². The number of rotatable bonds is 8. The van der Waals surface area contributed by atoms with Crippen LogP contribution >= 0.6 is 11.6 Å². The molecule has 19 heavy (non-hydrogen) atoms. The first kappa shape index (κ1) is 15.9. The first-order chi connectivity index (χ1) is 9.20. The van der Waals surface area contributed by atoms with E-state index in [1.165, 1.54) is 0 Å². The van der Waals surface area contributed by atoms with Crippen LogP contribution in [0.4, 0.5) is 0 Å². The Labute approximate surface area is 119 Å². The molecule has 0 saturated heterocycles.